The lowest BCUT2D eigenvalue weighted by atomic mass is 10.1. The third-order valence-corrected chi connectivity index (χ3v) is 3.76. The van der Waals surface area contributed by atoms with Crippen molar-refractivity contribution in [3.8, 4) is 11.1 Å². The number of fused-ring (bicyclic) bond motifs is 1. The molecule has 2 aromatic heterocycles. The van der Waals surface area contributed by atoms with E-state index in [4.69, 9.17) is 23.2 Å². The number of halogens is 4. The van der Waals surface area contributed by atoms with E-state index in [0.29, 0.717) is 27.6 Å². The van der Waals surface area contributed by atoms with Gasteiger partial charge in [-0.2, -0.15) is 13.9 Å². The molecular formula is C15H11Cl2F2N3. The van der Waals surface area contributed by atoms with Crippen LogP contribution in [0.3, 0.4) is 0 Å². The zero-order valence-electron chi connectivity index (χ0n) is 11.7. The van der Waals surface area contributed by atoms with Gasteiger partial charge in [-0.05, 0) is 49.2 Å². The van der Waals surface area contributed by atoms with Crippen LogP contribution in [-0.4, -0.2) is 14.6 Å². The maximum atomic E-state index is 13.6. The molecule has 0 bridgehead atoms. The van der Waals surface area contributed by atoms with Crippen molar-refractivity contribution in [1.29, 1.82) is 0 Å². The van der Waals surface area contributed by atoms with E-state index in [9.17, 15) is 8.78 Å². The molecule has 3 nitrogen and oxygen atoms in total. The van der Waals surface area contributed by atoms with Gasteiger partial charge in [-0.25, -0.2) is 9.50 Å². The molecule has 3 rings (SSSR count). The fourth-order valence-electron chi connectivity index (χ4n) is 2.40. The second-order valence-corrected chi connectivity index (χ2v) is 5.89. The Morgan fingerprint density at radius 1 is 1.14 bits per heavy atom. The highest BCUT2D eigenvalue weighted by Crippen LogP contribution is 2.35. The molecule has 0 aliphatic heterocycles. The maximum Gasteiger partial charge on any atom is 0.364 e. The lowest BCUT2D eigenvalue weighted by molar-refractivity contribution is 0.0871. The van der Waals surface area contributed by atoms with Gasteiger partial charge >= 0.3 is 5.38 Å². The molecule has 0 saturated heterocycles. The summed E-state index contributed by atoms with van der Waals surface area (Å²) in [4.78, 5) is 4.34. The summed E-state index contributed by atoms with van der Waals surface area (Å²) in [5.41, 5.74) is 2.46. The third kappa shape index (κ3) is 2.55. The van der Waals surface area contributed by atoms with Crippen LogP contribution in [0.25, 0.3) is 16.8 Å². The molecule has 1 aromatic carbocycles. The van der Waals surface area contributed by atoms with Crippen molar-refractivity contribution in [3.05, 3.63) is 52.4 Å². The Labute approximate surface area is 135 Å². The van der Waals surface area contributed by atoms with E-state index < -0.39 is 11.1 Å². The minimum atomic E-state index is -3.53. The number of benzene rings is 1. The Hall–Kier alpha value is -1.72. The van der Waals surface area contributed by atoms with Gasteiger partial charge in [0.2, 0.25) is 0 Å². The van der Waals surface area contributed by atoms with Crippen LogP contribution in [0.15, 0.2) is 30.3 Å². The molecule has 0 spiro atoms. The molecule has 0 atom stereocenters. The molecule has 22 heavy (non-hydrogen) atoms. The van der Waals surface area contributed by atoms with E-state index in [-0.39, 0.29) is 0 Å². The van der Waals surface area contributed by atoms with E-state index in [1.54, 1.807) is 38.1 Å². The molecule has 2 heterocycles. The van der Waals surface area contributed by atoms with Crippen molar-refractivity contribution in [2.45, 2.75) is 19.2 Å². The average Bonchev–Trinajstić information content (AvgIpc) is 2.74. The standard InChI is InChI=1S/C15H11Cl2F2N3/c1-8-7-12(15(17,18)19)22-14(20-8)13(9(2)21-22)10-3-5-11(16)6-4-10/h3-7H,1-2H3. The van der Waals surface area contributed by atoms with Gasteiger partial charge in [0, 0.05) is 16.3 Å². The van der Waals surface area contributed by atoms with Crippen LogP contribution in [0.5, 0.6) is 0 Å². The fourth-order valence-corrected chi connectivity index (χ4v) is 2.66. The summed E-state index contributed by atoms with van der Waals surface area (Å²) in [5.74, 6) is 0. The van der Waals surface area contributed by atoms with Crippen LogP contribution >= 0.6 is 23.2 Å². The molecule has 7 heteroatoms. The highest BCUT2D eigenvalue weighted by atomic mass is 35.5. The van der Waals surface area contributed by atoms with Gasteiger partial charge in [0.05, 0.1) is 5.69 Å². The summed E-state index contributed by atoms with van der Waals surface area (Å²) >= 11 is 11.1. The van der Waals surface area contributed by atoms with E-state index in [1.807, 2.05) is 0 Å². The van der Waals surface area contributed by atoms with Crippen LogP contribution in [0, 0.1) is 13.8 Å². The highest BCUT2D eigenvalue weighted by Gasteiger charge is 2.33. The van der Waals surface area contributed by atoms with Gasteiger partial charge < -0.3 is 0 Å². The first kappa shape index (κ1) is 15.2. The molecule has 114 valence electrons. The topological polar surface area (TPSA) is 30.2 Å². The van der Waals surface area contributed by atoms with Crippen molar-refractivity contribution < 1.29 is 8.78 Å². The normalized spacial score (nSPS) is 12.1. The van der Waals surface area contributed by atoms with Gasteiger partial charge in [0.1, 0.15) is 5.69 Å². The van der Waals surface area contributed by atoms with Crippen LogP contribution in [0.1, 0.15) is 17.1 Å². The van der Waals surface area contributed by atoms with Gasteiger partial charge in [-0.1, -0.05) is 23.7 Å². The minimum Gasteiger partial charge on any atom is -0.233 e. The van der Waals surface area contributed by atoms with Crippen LogP contribution in [0.4, 0.5) is 8.78 Å². The summed E-state index contributed by atoms with van der Waals surface area (Å²) in [6, 6.07) is 8.29. The van der Waals surface area contributed by atoms with E-state index in [2.05, 4.69) is 10.1 Å². The Morgan fingerprint density at radius 2 is 1.77 bits per heavy atom. The zero-order valence-corrected chi connectivity index (χ0v) is 13.3. The summed E-state index contributed by atoms with van der Waals surface area (Å²) in [5, 5.41) is 1.24. The molecule has 0 aliphatic rings. The average molecular weight is 342 g/mol. The third-order valence-electron chi connectivity index (χ3n) is 3.32. The number of rotatable bonds is 2. The molecule has 0 amide bonds. The van der Waals surface area contributed by atoms with Gasteiger partial charge in [0.25, 0.3) is 0 Å². The van der Waals surface area contributed by atoms with Crippen LogP contribution < -0.4 is 0 Å². The maximum absolute atomic E-state index is 13.6. The Kier molecular flexibility index (Phi) is 3.57. The molecule has 3 aromatic rings. The predicted octanol–water partition coefficient (Wildman–Crippen LogP) is 4.95. The molecule has 0 fully saturated rings. The minimum absolute atomic E-state index is 0.343. The number of aryl methyl sites for hydroxylation is 2. The monoisotopic (exact) mass is 341 g/mol. The Balaban J connectivity index is 2.35. The van der Waals surface area contributed by atoms with Crippen LogP contribution in [-0.2, 0) is 5.38 Å². The van der Waals surface area contributed by atoms with Crippen molar-refractivity contribution in [3.63, 3.8) is 0 Å². The summed E-state index contributed by atoms with van der Waals surface area (Å²) < 4.78 is 28.3. The largest absolute Gasteiger partial charge is 0.364 e. The van der Waals surface area contributed by atoms with Gasteiger partial charge in [-0.3, -0.25) is 0 Å². The first-order chi connectivity index (χ1) is 10.3. The first-order valence-corrected chi connectivity index (χ1v) is 7.23. The quantitative estimate of drug-likeness (QED) is 0.617. The molecule has 0 unspecified atom stereocenters. The number of aromatic nitrogens is 3. The molecule has 0 radical (unpaired) electrons. The van der Waals surface area contributed by atoms with Crippen molar-refractivity contribution in [2.75, 3.05) is 0 Å². The smallest absolute Gasteiger partial charge is 0.233 e. The van der Waals surface area contributed by atoms with Gasteiger partial charge in [0.15, 0.2) is 5.65 Å². The van der Waals surface area contributed by atoms with Crippen molar-refractivity contribution >= 4 is 28.8 Å². The highest BCUT2D eigenvalue weighted by molar-refractivity contribution is 6.30. The van der Waals surface area contributed by atoms with E-state index in [0.717, 1.165) is 10.1 Å². The fraction of sp³-hybridized carbons (Fsp3) is 0.200. The molecular weight excluding hydrogens is 331 g/mol. The number of hydrogen-bond donors (Lipinski definition) is 0. The lowest BCUT2D eigenvalue weighted by Crippen LogP contribution is -2.12. The first-order valence-electron chi connectivity index (χ1n) is 6.47. The number of nitrogens with zero attached hydrogens (tertiary/aromatic N) is 3. The number of hydrogen-bond acceptors (Lipinski definition) is 2. The van der Waals surface area contributed by atoms with E-state index in [1.165, 1.54) is 6.07 Å². The SMILES string of the molecule is Cc1cc(C(F)(F)Cl)n2nc(C)c(-c3ccc(Cl)cc3)c2n1. The number of alkyl halides is 3. The van der Waals surface area contributed by atoms with Crippen LogP contribution in [0.2, 0.25) is 5.02 Å². The van der Waals surface area contributed by atoms with Crippen molar-refractivity contribution in [1.82, 2.24) is 14.6 Å². The summed E-state index contributed by atoms with van der Waals surface area (Å²) in [7, 11) is 0. The van der Waals surface area contributed by atoms with Crippen molar-refractivity contribution in [2.24, 2.45) is 0 Å². The second-order valence-electron chi connectivity index (χ2n) is 4.98. The second kappa shape index (κ2) is 5.18. The summed E-state index contributed by atoms with van der Waals surface area (Å²) in [6.45, 7) is 3.38. The Morgan fingerprint density at radius 3 is 2.36 bits per heavy atom. The molecule has 0 N–H and O–H groups in total. The lowest BCUT2D eigenvalue weighted by Gasteiger charge is -2.11. The zero-order chi connectivity index (χ0) is 16.1. The summed E-state index contributed by atoms with van der Waals surface area (Å²) in [6.07, 6.45) is 0. The van der Waals surface area contributed by atoms with E-state index >= 15 is 0 Å². The Bertz CT molecular complexity index is 852. The predicted molar refractivity (Wildman–Crippen MR) is 82.7 cm³/mol. The van der Waals surface area contributed by atoms with Gasteiger partial charge in [-0.15, -0.1) is 0 Å². The molecule has 0 aliphatic carbocycles. The molecule has 0 saturated carbocycles.